The van der Waals surface area contributed by atoms with E-state index in [2.05, 4.69) is 32.3 Å². The van der Waals surface area contributed by atoms with E-state index in [9.17, 15) is 0 Å². The van der Waals surface area contributed by atoms with Crippen molar-refractivity contribution in [3.63, 3.8) is 0 Å². The molecule has 0 aliphatic carbocycles. The molecule has 0 bridgehead atoms. The third-order valence-electron chi connectivity index (χ3n) is 2.74. The lowest BCUT2D eigenvalue weighted by Crippen LogP contribution is -2.28. The van der Waals surface area contributed by atoms with E-state index < -0.39 is 0 Å². The standard InChI is InChI=1S/C11H21N/c1-9(2)5-6-12-8-10(3)7-11(12)4/h10-11H,1,5-8H2,2-4H3. The lowest BCUT2D eigenvalue weighted by molar-refractivity contribution is 0.268. The van der Waals surface area contributed by atoms with Crippen LogP contribution in [0, 0.1) is 5.92 Å². The van der Waals surface area contributed by atoms with Gasteiger partial charge in [0, 0.05) is 19.1 Å². The van der Waals surface area contributed by atoms with Gasteiger partial charge >= 0.3 is 0 Å². The van der Waals surface area contributed by atoms with E-state index in [4.69, 9.17) is 0 Å². The summed E-state index contributed by atoms with van der Waals surface area (Å²) in [6.07, 6.45) is 2.53. The molecule has 1 aliphatic heterocycles. The predicted molar refractivity (Wildman–Crippen MR) is 54.2 cm³/mol. The van der Waals surface area contributed by atoms with Crippen molar-refractivity contribution >= 4 is 0 Å². The Morgan fingerprint density at radius 3 is 2.58 bits per heavy atom. The third kappa shape index (κ3) is 2.63. The molecule has 0 amide bonds. The molecule has 1 heterocycles. The van der Waals surface area contributed by atoms with Gasteiger partial charge in [-0.25, -0.2) is 0 Å². The minimum atomic E-state index is 0.791. The fraction of sp³-hybridized carbons (Fsp3) is 0.818. The summed E-state index contributed by atoms with van der Waals surface area (Å²) in [5.41, 5.74) is 1.31. The van der Waals surface area contributed by atoms with Crippen molar-refractivity contribution in [2.75, 3.05) is 13.1 Å². The Kier molecular flexibility index (Phi) is 3.33. The molecule has 12 heavy (non-hydrogen) atoms. The maximum Gasteiger partial charge on any atom is 0.00701 e. The Hall–Kier alpha value is -0.300. The highest BCUT2D eigenvalue weighted by Crippen LogP contribution is 2.22. The van der Waals surface area contributed by atoms with Crippen molar-refractivity contribution in [2.45, 2.75) is 39.7 Å². The Morgan fingerprint density at radius 2 is 2.17 bits per heavy atom. The Labute approximate surface area is 76.5 Å². The summed E-state index contributed by atoms with van der Waals surface area (Å²) in [6.45, 7) is 13.2. The van der Waals surface area contributed by atoms with Crippen molar-refractivity contribution in [2.24, 2.45) is 5.92 Å². The molecule has 0 aromatic rings. The number of hydrogen-bond donors (Lipinski definition) is 0. The first-order valence-corrected chi connectivity index (χ1v) is 4.98. The number of hydrogen-bond acceptors (Lipinski definition) is 1. The second kappa shape index (κ2) is 4.08. The van der Waals surface area contributed by atoms with Gasteiger partial charge in [0.25, 0.3) is 0 Å². The molecular weight excluding hydrogens is 146 g/mol. The molecule has 2 atom stereocenters. The monoisotopic (exact) mass is 167 g/mol. The molecule has 1 nitrogen and oxygen atoms in total. The van der Waals surface area contributed by atoms with E-state index >= 15 is 0 Å². The molecule has 2 unspecified atom stereocenters. The first-order chi connectivity index (χ1) is 5.59. The zero-order valence-electron chi connectivity index (χ0n) is 8.64. The zero-order chi connectivity index (χ0) is 9.14. The van der Waals surface area contributed by atoms with Gasteiger partial charge in [0.05, 0.1) is 0 Å². The van der Waals surface area contributed by atoms with Gasteiger partial charge in [0.15, 0.2) is 0 Å². The van der Waals surface area contributed by atoms with Crippen LogP contribution in [0.5, 0.6) is 0 Å². The second-order valence-electron chi connectivity index (χ2n) is 4.39. The van der Waals surface area contributed by atoms with Crippen LogP contribution < -0.4 is 0 Å². The van der Waals surface area contributed by atoms with Crippen LogP contribution in [-0.2, 0) is 0 Å². The largest absolute Gasteiger partial charge is 0.300 e. The second-order valence-corrected chi connectivity index (χ2v) is 4.39. The van der Waals surface area contributed by atoms with Crippen LogP contribution in [0.25, 0.3) is 0 Å². The van der Waals surface area contributed by atoms with Gasteiger partial charge in [-0.3, -0.25) is 0 Å². The smallest absolute Gasteiger partial charge is 0.00701 e. The van der Waals surface area contributed by atoms with Crippen LogP contribution in [0.3, 0.4) is 0 Å². The molecule has 1 aliphatic rings. The molecule has 1 saturated heterocycles. The van der Waals surface area contributed by atoms with Crippen molar-refractivity contribution < 1.29 is 0 Å². The van der Waals surface area contributed by atoms with Gasteiger partial charge in [-0.2, -0.15) is 0 Å². The summed E-state index contributed by atoms with van der Waals surface area (Å²) in [5, 5.41) is 0. The fourth-order valence-electron chi connectivity index (χ4n) is 2.03. The molecule has 70 valence electrons. The maximum absolute atomic E-state index is 3.93. The highest BCUT2D eigenvalue weighted by Gasteiger charge is 2.24. The summed E-state index contributed by atoms with van der Waals surface area (Å²) < 4.78 is 0. The summed E-state index contributed by atoms with van der Waals surface area (Å²) in [6, 6.07) is 0.791. The van der Waals surface area contributed by atoms with Gasteiger partial charge in [0.1, 0.15) is 0 Å². The van der Waals surface area contributed by atoms with Crippen LogP contribution in [0.4, 0.5) is 0 Å². The van der Waals surface area contributed by atoms with Crippen molar-refractivity contribution in [1.82, 2.24) is 4.90 Å². The van der Waals surface area contributed by atoms with Crippen molar-refractivity contribution in [3.05, 3.63) is 12.2 Å². The van der Waals surface area contributed by atoms with Crippen molar-refractivity contribution in [1.29, 1.82) is 0 Å². The summed E-state index contributed by atoms with van der Waals surface area (Å²) in [7, 11) is 0. The molecule has 0 aromatic heterocycles. The number of likely N-dealkylation sites (tertiary alicyclic amines) is 1. The average molecular weight is 167 g/mol. The van der Waals surface area contributed by atoms with E-state index in [-0.39, 0.29) is 0 Å². The Morgan fingerprint density at radius 1 is 1.50 bits per heavy atom. The minimum absolute atomic E-state index is 0.791. The first-order valence-electron chi connectivity index (χ1n) is 4.98. The first kappa shape index (κ1) is 9.79. The Balaban J connectivity index is 2.28. The molecule has 0 spiro atoms. The van der Waals surface area contributed by atoms with Gasteiger partial charge in [-0.05, 0) is 32.6 Å². The Bertz CT molecular complexity index is 162. The molecule has 0 radical (unpaired) electrons. The molecule has 0 saturated carbocycles. The van der Waals surface area contributed by atoms with Gasteiger partial charge < -0.3 is 4.90 Å². The van der Waals surface area contributed by atoms with Gasteiger partial charge in [-0.15, -0.1) is 6.58 Å². The van der Waals surface area contributed by atoms with E-state index in [1.165, 1.54) is 25.1 Å². The summed E-state index contributed by atoms with van der Waals surface area (Å²) in [4.78, 5) is 2.58. The minimum Gasteiger partial charge on any atom is -0.300 e. The third-order valence-corrected chi connectivity index (χ3v) is 2.74. The lowest BCUT2D eigenvalue weighted by atomic mass is 10.1. The molecule has 1 fully saturated rings. The maximum atomic E-state index is 3.93. The summed E-state index contributed by atoms with van der Waals surface area (Å²) >= 11 is 0. The van der Waals surface area contributed by atoms with Crippen LogP contribution >= 0.6 is 0 Å². The molecule has 1 rings (SSSR count). The van der Waals surface area contributed by atoms with E-state index in [0.717, 1.165) is 18.4 Å². The van der Waals surface area contributed by atoms with E-state index in [0.29, 0.717) is 0 Å². The quantitative estimate of drug-likeness (QED) is 0.584. The van der Waals surface area contributed by atoms with Crippen LogP contribution in [0.2, 0.25) is 0 Å². The lowest BCUT2D eigenvalue weighted by Gasteiger charge is -2.20. The summed E-state index contributed by atoms with van der Waals surface area (Å²) in [5.74, 6) is 0.894. The van der Waals surface area contributed by atoms with Crippen LogP contribution in [-0.4, -0.2) is 24.0 Å². The molecular formula is C11H21N. The molecule has 0 N–H and O–H groups in total. The normalized spacial score (nSPS) is 30.9. The van der Waals surface area contributed by atoms with Crippen molar-refractivity contribution in [3.8, 4) is 0 Å². The van der Waals surface area contributed by atoms with Crippen LogP contribution in [0.15, 0.2) is 12.2 Å². The van der Waals surface area contributed by atoms with Gasteiger partial charge in [0.2, 0.25) is 0 Å². The van der Waals surface area contributed by atoms with Crippen LogP contribution in [0.1, 0.15) is 33.6 Å². The zero-order valence-corrected chi connectivity index (χ0v) is 8.64. The highest BCUT2D eigenvalue weighted by molar-refractivity contribution is 4.90. The van der Waals surface area contributed by atoms with Gasteiger partial charge in [-0.1, -0.05) is 12.5 Å². The fourth-order valence-corrected chi connectivity index (χ4v) is 2.03. The number of rotatable bonds is 3. The number of nitrogens with zero attached hydrogens (tertiary/aromatic N) is 1. The van der Waals surface area contributed by atoms with E-state index in [1.54, 1.807) is 0 Å². The molecule has 0 aromatic carbocycles. The predicted octanol–water partition coefficient (Wildman–Crippen LogP) is 2.68. The van der Waals surface area contributed by atoms with E-state index in [1.807, 2.05) is 0 Å². The molecule has 1 heteroatoms. The topological polar surface area (TPSA) is 3.24 Å². The average Bonchev–Trinajstić information content (AvgIpc) is 2.26. The highest BCUT2D eigenvalue weighted by atomic mass is 15.2. The SMILES string of the molecule is C=C(C)CCN1CC(C)CC1C.